The molecular formula is C23H28N4O3S. The maximum atomic E-state index is 11.8. The predicted octanol–water partition coefficient (Wildman–Crippen LogP) is 3.29. The lowest BCUT2D eigenvalue weighted by molar-refractivity contribution is -0.118. The highest BCUT2D eigenvalue weighted by Crippen LogP contribution is 2.30. The molecule has 3 rings (SSSR count). The summed E-state index contributed by atoms with van der Waals surface area (Å²) in [6.45, 7) is 6.40. The Hall–Kier alpha value is -2.97. The molecule has 2 aromatic rings. The van der Waals surface area contributed by atoms with Crippen molar-refractivity contribution in [3.05, 3.63) is 67.2 Å². The zero-order chi connectivity index (χ0) is 22.4. The van der Waals surface area contributed by atoms with Crippen LogP contribution in [0.4, 0.5) is 5.69 Å². The number of fused-ring (bicyclic) bond motifs is 1. The largest absolute Gasteiger partial charge is 0.382 e. The van der Waals surface area contributed by atoms with Gasteiger partial charge in [0.2, 0.25) is 15.9 Å². The van der Waals surface area contributed by atoms with Gasteiger partial charge in [0.1, 0.15) is 0 Å². The molecule has 2 heterocycles. The van der Waals surface area contributed by atoms with Crippen LogP contribution in [0.1, 0.15) is 25.3 Å². The summed E-state index contributed by atoms with van der Waals surface area (Å²) in [6, 6.07) is 6.28. The number of amides is 1. The summed E-state index contributed by atoms with van der Waals surface area (Å²) in [5, 5.41) is 8.27. The number of rotatable bonds is 7. The molecular weight excluding hydrogens is 412 g/mol. The van der Waals surface area contributed by atoms with Crippen LogP contribution in [0, 0.1) is 0 Å². The molecule has 1 aliphatic heterocycles. The number of nitrogens with zero attached hydrogens (tertiary/aromatic N) is 2. The lowest BCUT2D eigenvalue weighted by atomic mass is 9.99. The molecule has 1 aromatic carbocycles. The predicted molar refractivity (Wildman–Crippen MR) is 126 cm³/mol. The average Bonchev–Trinajstić information content (AvgIpc) is 2.73. The molecule has 1 saturated heterocycles. The summed E-state index contributed by atoms with van der Waals surface area (Å²) in [6.07, 6.45) is 13.3. The summed E-state index contributed by atoms with van der Waals surface area (Å²) in [5.74, 6) is -0.128. The topological polar surface area (TPSA) is 91.4 Å². The molecule has 0 saturated carbocycles. The first kappa shape index (κ1) is 22.7. The Bertz CT molecular complexity index is 1130. The van der Waals surface area contributed by atoms with Gasteiger partial charge in [-0.2, -0.15) is 0 Å². The summed E-state index contributed by atoms with van der Waals surface area (Å²) in [7, 11) is -3.15. The van der Waals surface area contributed by atoms with E-state index in [9.17, 15) is 13.2 Å². The molecule has 0 unspecified atom stereocenters. The van der Waals surface area contributed by atoms with Crippen molar-refractivity contribution in [2.75, 3.05) is 24.7 Å². The Labute approximate surface area is 183 Å². The summed E-state index contributed by atoms with van der Waals surface area (Å²) in [5.41, 5.74) is 2.85. The van der Waals surface area contributed by atoms with Crippen molar-refractivity contribution in [3.8, 4) is 0 Å². The van der Waals surface area contributed by atoms with E-state index >= 15 is 0 Å². The quantitative estimate of drug-likeness (QED) is 0.645. The normalized spacial score (nSPS) is 16.5. The molecule has 1 aliphatic rings. The third kappa shape index (κ3) is 6.02. The SMILES string of the molecule is C=C/C(=C\C=C\NC(C)=O)c1cc(NC2CCN(S(C)(=O)=O)CC2)c2cnccc2c1. The van der Waals surface area contributed by atoms with Gasteiger partial charge in [-0.15, -0.1) is 0 Å². The van der Waals surface area contributed by atoms with Gasteiger partial charge in [0.25, 0.3) is 0 Å². The Morgan fingerprint density at radius 2 is 2.03 bits per heavy atom. The Morgan fingerprint density at radius 1 is 1.29 bits per heavy atom. The third-order valence-electron chi connectivity index (χ3n) is 5.25. The van der Waals surface area contributed by atoms with Crippen molar-refractivity contribution in [2.24, 2.45) is 0 Å². The van der Waals surface area contributed by atoms with Gasteiger partial charge in [-0.05, 0) is 53.6 Å². The number of anilines is 1. The Morgan fingerprint density at radius 3 is 2.68 bits per heavy atom. The maximum Gasteiger partial charge on any atom is 0.220 e. The number of benzene rings is 1. The molecule has 0 radical (unpaired) electrons. The molecule has 0 atom stereocenters. The van der Waals surface area contributed by atoms with Crippen LogP contribution in [0.2, 0.25) is 0 Å². The van der Waals surface area contributed by atoms with E-state index in [2.05, 4.69) is 34.3 Å². The van der Waals surface area contributed by atoms with Crippen LogP contribution in [-0.4, -0.2) is 49.0 Å². The van der Waals surface area contributed by atoms with E-state index < -0.39 is 10.0 Å². The second kappa shape index (κ2) is 9.89. The van der Waals surface area contributed by atoms with Gasteiger partial charge in [-0.25, -0.2) is 12.7 Å². The highest BCUT2D eigenvalue weighted by atomic mass is 32.2. The van der Waals surface area contributed by atoms with Crippen molar-refractivity contribution < 1.29 is 13.2 Å². The molecule has 164 valence electrons. The summed E-state index contributed by atoms with van der Waals surface area (Å²) in [4.78, 5) is 15.3. The lowest BCUT2D eigenvalue weighted by Crippen LogP contribution is -2.41. The molecule has 8 heteroatoms. The number of carbonyl (C=O) groups excluding carboxylic acids is 1. The molecule has 1 fully saturated rings. The fourth-order valence-electron chi connectivity index (χ4n) is 3.64. The maximum absolute atomic E-state index is 11.8. The first-order valence-electron chi connectivity index (χ1n) is 10.1. The van der Waals surface area contributed by atoms with Crippen molar-refractivity contribution in [1.82, 2.24) is 14.6 Å². The monoisotopic (exact) mass is 440 g/mol. The number of nitrogens with one attached hydrogen (secondary N) is 2. The third-order valence-corrected chi connectivity index (χ3v) is 6.55. The van der Waals surface area contributed by atoms with Gasteiger partial charge in [0.15, 0.2) is 0 Å². The van der Waals surface area contributed by atoms with Crippen LogP contribution in [0.25, 0.3) is 16.3 Å². The first-order valence-corrected chi connectivity index (χ1v) is 12.0. The Kier molecular flexibility index (Phi) is 7.25. The van der Waals surface area contributed by atoms with Gasteiger partial charge in [-0.1, -0.05) is 18.7 Å². The molecule has 0 bridgehead atoms. The Balaban J connectivity index is 1.87. The smallest absolute Gasteiger partial charge is 0.220 e. The van der Waals surface area contributed by atoms with Crippen LogP contribution >= 0.6 is 0 Å². The van der Waals surface area contributed by atoms with E-state index in [0.717, 1.165) is 40.4 Å². The fraction of sp³-hybridized carbons (Fsp3) is 0.304. The molecule has 0 spiro atoms. The number of sulfonamides is 1. The molecule has 0 aliphatic carbocycles. The fourth-order valence-corrected chi connectivity index (χ4v) is 4.51. The van der Waals surface area contributed by atoms with Gasteiger partial charge in [0.05, 0.1) is 6.26 Å². The number of hydrogen-bond acceptors (Lipinski definition) is 5. The van der Waals surface area contributed by atoms with E-state index in [1.54, 1.807) is 24.5 Å². The van der Waals surface area contributed by atoms with Gasteiger partial charge < -0.3 is 10.6 Å². The van der Waals surface area contributed by atoms with Crippen molar-refractivity contribution in [2.45, 2.75) is 25.8 Å². The minimum atomic E-state index is -3.15. The number of hydrogen-bond donors (Lipinski definition) is 2. The minimum absolute atomic E-state index is 0.128. The van der Waals surface area contributed by atoms with Gasteiger partial charge >= 0.3 is 0 Å². The molecule has 1 aromatic heterocycles. The van der Waals surface area contributed by atoms with Crippen LogP contribution in [-0.2, 0) is 14.8 Å². The first-order chi connectivity index (χ1) is 14.8. The highest BCUT2D eigenvalue weighted by molar-refractivity contribution is 7.88. The second-order valence-corrected chi connectivity index (χ2v) is 9.57. The van der Waals surface area contributed by atoms with E-state index in [-0.39, 0.29) is 11.9 Å². The van der Waals surface area contributed by atoms with E-state index in [0.29, 0.717) is 13.1 Å². The van der Waals surface area contributed by atoms with E-state index in [4.69, 9.17) is 0 Å². The van der Waals surface area contributed by atoms with Crippen molar-refractivity contribution in [3.63, 3.8) is 0 Å². The molecule has 31 heavy (non-hydrogen) atoms. The number of allylic oxidation sites excluding steroid dienone is 4. The minimum Gasteiger partial charge on any atom is -0.382 e. The molecule has 1 amide bonds. The van der Waals surface area contributed by atoms with Crippen molar-refractivity contribution >= 4 is 38.0 Å². The zero-order valence-electron chi connectivity index (χ0n) is 17.8. The number of carbonyl (C=O) groups is 1. The van der Waals surface area contributed by atoms with Gasteiger partial charge in [-0.3, -0.25) is 9.78 Å². The molecule has 2 N–H and O–H groups in total. The number of piperidine rings is 1. The number of aromatic nitrogens is 1. The highest BCUT2D eigenvalue weighted by Gasteiger charge is 2.25. The van der Waals surface area contributed by atoms with Crippen LogP contribution < -0.4 is 10.6 Å². The van der Waals surface area contributed by atoms with Crippen LogP contribution in [0.15, 0.2) is 61.6 Å². The molecule has 7 nitrogen and oxygen atoms in total. The van der Waals surface area contributed by atoms with E-state index in [1.165, 1.54) is 17.5 Å². The van der Waals surface area contributed by atoms with Crippen molar-refractivity contribution in [1.29, 1.82) is 0 Å². The average molecular weight is 441 g/mol. The lowest BCUT2D eigenvalue weighted by Gasteiger charge is -2.31. The van der Waals surface area contributed by atoms with E-state index in [1.807, 2.05) is 18.3 Å². The van der Waals surface area contributed by atoms with Crippen LogP contribution in [0.3, 0.4) is 0 Å². The summed E-state index contributed by atoms with van der Waals surface area (Å²) < 4.78 is 25.1. The van der Waals surface area contributed by atoms with Gasteiger partial charge in [0, 0.05) is 55.7 Å². The van der Waals surface area contributed by atoms with Crippen LogP contribution in [0.5, 0.6) is 0 Å². The number of pyridine rings is 1. The second-order valence-electron chi connectivity index (χ2n) is 7.59. The zero-order valence-corrected chi connectivity index (χ0v) is 18.7. The standard InChI is InChI=1S/C23H28N4O3S/c1-4-18(6-5-10-25-17(2)28)20-14-19-7-11-24-16-22(19)23(15-20)26-21-8-12-27(13-9-21)31(3,29)30/h4-7,10-11,14-16,21,26H,1,8-9,12-13H2,2-3H3,(H,25,28)/b10-5+,18-6+. The summed E-state index contributed by atoms with van der Waals surface area (Å²) >= 11 is 0.